The molecule has 0 bridgehead atoms. The Morgan fingerprint density at radius 2 is 1.80 bits per heavy atom. The Hall–Kier alpha value is -2.17. The fourth-order valence-electron chi connectivity index (χ4n) is 4.64. The van der Waals surface area contributed by atoms with Crippen molar-refractivity contribution in [3.8, 4) is 11.4 Å². The zero-order chi connectivity index (χ0) is 21.5. The Kier molecular flexibility index (Phi) is 5.73. The minimum absolute atomic E-state index is 0.0469. The monoisotopic (exact) mass is 408 g/mol. The fraction of sp³-hybridized carbons (Fsp3) is 0.640. The maximum atomic E-state index is 12.7. The lowest BCUT2D eigenvalue weighted by atomic mass is 9.81. The first-order valence-corrected chi connectivity index (χ1v) is 11.6. The quantitative estimate of drug-likeness (QED) is 0.727. The van der Waals surface area contributed by atoms with Gasteiger partial charge in [0.1, 0.15) is 0 Å². The first-order valence-electron chi connectivity index (χ1n) is 11.6. The number of benzene rings is 1. The molecule has 1 heterocycles. The lowest BCUT2D eigenvalue weighted by molar-refractivity contribution is 0.0940. The van der Waals surface area contributed by atoms with Crippen LogP contribution in [0.15, 0.2) is 12.1 Å². The van der Waals surface area contributed by atoms with Crippen molar-refractivity contribution >= 4 is 5.91 Å². The van der Waals surface area contributed by atoms with Crippen LogP contribution in [0.5, 0.6) is 0 Å². The third kappa shape index (κ3) is 4.60. The molecule has 2 aliphatic carbocycles. The standard InChI is InChI=1S/C25H36N4O/c1-16-13-19(14-21(17(16)2)25(3,4)5)23-27-22(24(30)26-20-11-12-20)28-29(23)15-18-9-7-6-8-10-18/h13-14,18,20H,6-12,15H2,1-5H3,(H,26,30). The van der Waals surface area contributed by atoms with Gasteiger partial charge in [0.2, 0.25) is 5.82 Å². The van der Waals surface area contributed by atoms with E-state index >= 15 is 0 Å². The molecule has 162 valence electrons. The molecule has 0 spiro atoms. The minimum Gasteiger partial charge on any atom is -0.347 e. The molecule has 5 nitrogen and oxygen atoms in total. The van der Waals surface area contributed by atoms with E-state index in [2.05, 4.69) is 52.1 Å². The number of rotatable bonds is 5. The van der Waals surface area contributed by atoms with Gasteiger partial charge in [0.05, 0.1) is 0 Å². The number of carbonyl (C=O) groups excluding carboxylic acids is 1. The Morgan fingerprint density at radius 3 is 2.43 bits per heavy atom. The van der Waals surface area contributed by atoms with Crippen LogP contribution in [-0.4, -0.2) is 26.7 Å². The number of aromatic nitrogens is 3. The number of carbonyl (C=O) groups is 1. The highest BCUT2D eigenvalue weighted by molar-refractivity contribution is 5.91. The van der Waals surface area contributed by atoms with E-state index in [1.807, 2.05) is 4.68 Å². The predicted molar refractivity (Wildman–Crippen MR) is 121 cm³/mol. The zero-order valence-corrected chi connectivity index (χ0v) is 19.2. The molecule has 1 aromatic heterocycles. The number of hydrogen-bond donors (Lipinski definition) is 1. The van der Waals surface area contributed by atoms with Crippen LogP contribution >= 0.6 is 0 Å². The van der Waals surface area contributed by atoms with E-state index in [-0.39, 0.29) is 11.3 Å². The van der Waals surface area contributed by atoms with Gasteiger partial charge in [-0.2, -0.15) is 0 Å². The van der Waals surface area contributed by atoms with Gasteiger partial charge in [-0.15, -0.1) is 5.10 Å². The van der Waals surface area contributed by atoms with Crippen LogP contribution in [0, 0.1) is 19.8 Å². The summed E-state index contributed by atoms with van der Waals surface area (Å²) in [5.74, 6) is 1.62. The third-order valence-corrected chi connectivity index (χ3v) is 6.68. The highest BCUT2D eigenvalue weighted by atomic mass is 16.2. The van der Waals surface area contributed by atoms with Gasteiger partial charge in [-0.3, -0.25) is 4.79 Å². The molecule has 0 saturated heterocycles. The van der Waals surface area contributed by atoms with Gasteiger partial charge in [-0.25, -0.2) is 9.67 Å². The van der Waals surface area contributed by atoms with Gasteiger partial charge in [-0.05, 0) is 79.7 Å². The van der Waals surface area contributed by atoms with Gasteiger partial charge < -0.3 is 5.32 Å². The molecule has 0 radical (unpaired) electrons. The van der Waals surface area contributed by atoms with E-state index in [0.717, 1.165) is 30.8 Å². The van der Waals surface area contributed by atoms with E-state index in [4.69, 9.17) is 10.1 Å². The largest absolute Gasteiger partial charge is 0.347 e. The Labute approximate surface area is 180 Å². The zero-order valence-electron chi connectivity index (χ0n) is 19.2. The van der Waals surface area contributed by atoms with Crippen LogP contribution in [0.4, 0.5) is 0 Å². The van der Waals surface area contributed by atoms with Crippen molar-refractivity contribution in [2.24, 2.45) is 5.92 Å². The summed E-state index contributed by atoms with van der Waals surface area (Å²) in [7, 11) is 0. The first-order chi connectivity index (χ1) is 14.2. The van der Waals surface area contributed by atoms with Crippen molar-refractivity contribution < 1.29 is 4.79 Å². The van der Waals surface area contributed by atoms with E-state index in [1.54, 1.807) is 0 Å². The second-order valence-electron chi connectivity index (χ2n) is 10.4. The molecule has 2 fully saturated rings. The molecule has 1 N–H and O–H groups in total. The lowest BCUT2D eigenvalue weighted by Gasteiger charge is -2.25. The number of nitrogens with one attached hydrogen (secondary N) is 1. The van der Waals surface area contributed by atoms with Crippen molar-refractivity contribution in [3.05, 3.63) is 34.6 Å². The summed E-state index contributed by atoms with van der Waals surface area (Å²) in [6.45, 7) is 12.0. The average Bonchev–Trinajstić information content (AvgIpc) is 3.40. The second-order valence-corrected chi connectivity index (χ2v) is 10.4. The summed E-state index contributed by atoms with van der Waals surface area (Å²) in [5, 5.41) is 7.74. The number of nitrogens with zero attached hydrogens (tertiary/aromatic N) is 3. The second kappa shape index (κ2) is 8.16. The molecule has 5 heteroatoms. The molecular weight excluding hydrogens is 372 g/mol. The molecular formula is C25H36N4O. The smallest absolute Gasteiger partial charge is 0.291 e. The predicted octanol–water partition coefficient (Wildman–Crippen LogP) is 5.33. The third-order valence-electron chi connectivity index (χ3n) is 6.68. The molecule has 0 atom stereocenters. The van der Waals surface area contributed by atoms with E-state index in [1.165, 1.54) is 48.8 Å². The van der Waals surface area contributed by atoms with Gasteiger partial charge in [-0.1, -0.05) is 40.0 Å². The van der Waals surface area contributed by atoms with Crippen LogP contribution in [-0.2, 0) is 12.0 Å². The van der Waals surface area contributed by atoms with Crippen molar-refractivity contribution in [1.29, 1.82) is 0 Å². The Bertz CT molecular complexity index is 927. The van der Waals surface area contributed by atoms with Gasteiger partial charge in [0.25, 0.3) is 5.91 Å². The SMILES string of the molecule is Cc1cc(-c2nc(C(=O)NC3CC3)nn2CC2CCCCC2)cc(C(C)(C)C)c1C. The van der Waals surface area contributed by atoms with Gasteiger partial charge >= 0.3 is 0 Å². The highest BCUT2D eigenvalue weighted by Gasteiger charge is 2.28. The fourth-order valence-corrected chi connectivity index (χ4v) is 4.64. The van der Waals surface area contributed by atoms with Crippen molar-refractivity contribution in [2.45, 2.75) is 97.6 Å². The van der Waals surface area contributed by atoms with E-state index < -0.39 is 0 Å². The molecule has 2 saturated carbocycles. The molecule has 2 aromatic rings. The average molecular weight is 409 g/mol. The number of aryl methyl sites for hydroxylation is 1. The van der Waals surface area contributed by atoms with Crippen LogP contribution in [0.2, 0.25) is 0 Å². The molecule has 30 heavy (non-hydrogen) atoms. The Balaban J connectivity index is 1.74. The minimum atomic E-state index is -0.138. The van der Waals surface area contributed by atoms with Crippen molar-refractivity contribution in [1.82, 2.24) is 20.1 Å². The topological polar surface area (TPSA) is 59.8 Å². The molecule has 1 amide bonds. The summed E-state index contributed by atoms with van der Waals surface area (Å²) >= 11 is 0. The van der Waals surface area contributed by atoms with Gasteiger partial charge in [0, 0.05) is 18.2 Å². The molecule has 0 aliphatic heterocycles. The number of hydrogen-bond acceptors (Lipinski definition) is 3. The van der Waals surface area contributed by atoms with Gasteiger partial charge in [0.15, 0.2) is 5.82 Å². The summed E-state index contributed by atoms with van der Waals surface area (Å²) in [6.07, 6.45) is 8.53. The maximum Gasteiger partial charge on any atom is 0.291 e. The molecule has 2 aliphatic rings. The summed E-state index contributed by atoms with van der Waals surface area (Å²) in [4.78, 5) is 17.4. The Morgan fingerprint density at radius 1 is 1.10 bits per heavy atom. The van der Waals surface area contributed by atoms with Crippen LogP contribution in [0.1, 0.15) is 93.0 Å². The number of amides is 1. The molecule has 1 aromatic carbocycles. The summed E-state index contributed by atoms with van der Waals surface area (Å²) in [6, 6.07) is 4.77. The lowest BCUT2D eigenvalue weighted by Crippen LogP contribution is -2.26. The van der Waals surface area contributed by atoms with E-state index in [9.17, 15) is 4.79 Å². The van der Waals surface area contributed by atoms with Crippen LogP contribution in [0.3, 0.4) is 0 Å². The normalized spacial score (nSPS) is 17.9. The first kappa shape index (κ1) is 21.1. The maximum absolute atomic E-state index is 12.7. The summed E-state index contributed by atoms with van der Waals surface area (Å²) < 4.78 is 2.01. The van der Waals surface area contributed by atoms with Crippen molar-refractivity contribution in [2.75, 3.05) is 0 Å². The molecule has 0 unspecified atom stereocenters. The van der Waals surface area contributed by atoms with Crippen molar-refractivity contribution in [3.63, 3.8) is 0 Å². The van der Waals surface area contributed by atoms with Crippen LogP contribution in [0.25, 0.3) is 11.4 Å². The molecule has 4 rings (SSSR count). The van der Waals surface area contributed by atoms with Crippen LogP contribution < -0.4 is 5.32 Å². The van der Waals surface area contributed by atoms with E-state index in [0.29, 0.717) is 17.8 Å². The highest BCUT2D eigenvalue weighted by Crippen LogP contribution is 2.33. The summed E-state index contributed by atoms with van der Waals surface area (Å²) in [5.41, 5.74) is 5.03.